The fourth-order valence-corrected chi connectivity index (χ4v) is 5.06. The number of benzene rings is 2. The Morgan fingerprint density at radius 3 is 2.24 bits per heavy atom. The first kappa shape index (κ1) is 24.6. The Morgan fingerprint density at radius 2 is 1.64 bits per heavy atom. The van der Waals surface area contributed by atoms with E-state index in [1.54, 1.807) is 11.3 Å². The summed E-state index contributed by atoms with van der Waals surface area (Å²) < 4.78 is 27.6. The van der Waals surface area contributed by atoms with Gasteiger partial charge in [0.25, 0.3) is 5.91 Å². The van der Waals surface area contributed by atoms with Gasteiger partial charge in [0.1, 0.15) is 0 Å². The summed E-state index contributed by atoms with van der Waals surface area (Å²) in [4.78, 5) is 27.6. The summed E-state index contributed by atoms with van der Waals surface area (Å²) in [5, 5.41) is 4.80. The van der Waals surface area contributed by atoms with E-state index in [0.717, 1.165) is 21.7 Å². The monoisotopic (exact) mass is 485 g/mol. The van der Waals surface area contributed by atoms with Crippen molar-refractivity contribution in [3.63, 3.8) is 0 Å². The number of carbonyl (C=O) groups excluding carboxylic acids is 2. The Labute approximate surface area is 198 Å². The molecule has 0 fully saturated rings. The highest BCUT2D eigenvalue weighted by Gasteiger charge is 2.18. The average Bonchev–Trinajstić information content (AvgIpc) is 3.29. The second-order valence-electron chi connectivity index (χ2n) is 7.73. The van der Waals surface area contributed by atoms with Crippen molar-refractivity contribution in [3.05, 3.63) is 81.5 Å². The summed E-state index contributed by atoms with van der Waals surface area (Å²) in [6, 6.07) is 15.3. The van der Waals surface area contributed by atoms with Crippen LogP contribution in [0.2, 0.25) is 0 Å². The van der Waals surface area contributed by atoms with E-state index in [1.165, 1.54) is 36.2 Å². The second kappa shape index (κ2) is 10.7. The van der Waals surface area contributed by atoms with Crippen LogP contribution in [0, 0.1) is 13.8 Å². The minimum absolute atomic E-state index is 0.0839. The number of amides is 2. The molecule has 2 amide bonds. The number of nitrogens with one attached hydrogen (secondary N) is 2. The van der Waals surface area contributed by atoms with E-state index in [0.29, 0.717) is 18.5 Å². The van der Waals surface area contributed by atoms with E-state index < -0.39 is 10.0 Å². The molecule has 1 aromatic heterocycles. The zero-order chi connectivity index (χ0) is 24.0. The summed E-state index contributed by atoms with van der Waals surface area (Å²) in [5.41, 5.74) is 2.93. The van der Waals surface area contributed by atoms with E-state index in [4.69, 9.17) is 0 Å². The number of sulfonamides is 1. The summed E-state index contributed by atoms with van der Waals surface area (Å²) in [6.07, 6.45) is 0.613. The van der Waals surface area contributed by atoms with Gasteiger partial charge in [-0.3, -0.25) is 9.59 Å². The maximum atomic E-state index is 12.7. The number of likely N-dealkylation sites (N-methyl/N-ethyl adjacent to an activating group) is 1. The Bertz CT molecular complexity index is 1200. The van der Waals surface area contributed by atoms with Crippen LogP contribution in [0.3, 0.4) is 0 Å². The van der Waals surface area contributed by atoms with Gasteiger partial charge >= 0.3 is 0 Å². The molecule has 9 heteroatoms. The van der Waals surface area contributed by atoms with E-state index in [2.05, 4.69) is 10.0 Å². The molecule has 0 aliphatic rings. The lowest BCUT2D eigenvalue weighted by molar-refractivity contribution is -0.116. The number of nitrogens with zero attached hydrogens (tertiary/aromatic N) is 1. The molecule has 33 heavy (non-hydrogen) atoms. The SMILES string of the molecule is Cc1cccc(C)c1NC(=O)CN(C)C(=O)c1ccc(S(=O)(=O)NCCc2cccs2)cc1. The van der Waals surface area contributed by atoms with Crippen molar-refractivity contribution in [1.29, 1.82) is 0 Å². The number of carbonyl (C=O) groups is 2. The predicted molar refractivity (Wildman–Crippen MR) is 131 cm³/mol. The first-order valence-corrected chi connectivity index (χ1v) is 12.8. The molecule has 0 saturated carbocycles. The van der Waals surface area contributed by atoms with E-state index >= 15 is 0 Å². The third-order valence-electron chi connectivity index (χ3n) is 5.13. The second-order valence-corrected chi connectivity index (χ2v) is 10.5. The van der Waals surface area contributed by atoms with Crippen LogP contribution in [0.1, 0.15) is 26.4 Å². The summed E-state index contributed by atoms with van der Waals surface area (Å²) >= 11 is 1.58. The molecule has 3 rings (SSSR count). The average molecular weight is 486 g/mol. The van der Waals surface area contributed by atoms with Gasteiger partial charge in [-0.25, -0.2) is 13.1 Å². The Morgan fingerprint density at radius 1 is 0.970 bits per heavy atom. The highest BCUT2D eigenvalue weighted by Crippen LogP contribution is 2.19. The van der Waals surface area contributed by atoms with Crippen molar-refractivity contribution in [2.45, 2.75) is 25.2 Å². The minimum atomic E-state index is -3.67. The highest BCUT2D eigenvalue weighted by atomic mass is 32.2. The Balaban J connectivity index is 1.57. The van der Waals surface area contributed by atoms with Gasteiger partial charge in [0.2, 0.25) is 15.9 Å². The van der Waals surface area contributed by atoms with Crippen LogP contribution in [-0.2, 0) is 21.2 Å². The third-order valence-corrected chi connectivity index (χ3v) is 7.54. The number of anilines is 1. The van der Waals surface area contributed by atoms with Crippen LogP contribution < -0.4 is 10.0 Å². The van der Waals surface area contributed by atoms with Gasteiger partial charge < -0.3 is 10.2 Å². The van der Waals surface area contributed by atoms with Crippen LogP contribution >= 0.6 is 11.3 Å². The summed E-state index contributed by atoms with van der Waals surface area (Å²) in [6.45, 7) is 3.98. The smallest absolute Gasteiger partial charge is 0.254 e. The quantitative estimate of drug-likeness (QED) is 0.484. The molecule has 2 N–H and O–H groups in total. The first-order chi connectivity index (χ1) is 15.7. The minimum Gasteiger partial charge on any atom is -0.332 e. The van der Waals surface area contributed by atoms with E-state index in [-0.39, 0.29) is 23.3 Å². The lowest BCUT2D eigenvalue weighted by atomic mass is 10.1. The van der Waals surface area contributed by atoms with Crippen LogP contribution in [0.15, 0.2) is 64.9 Å². The molecule has 0 atom stereocenters. The highest BCUT2D eigenvalue weighted by molar-refractivity contribution is 7.89. The molecule has 0 saturated heterocycles. The predicted octanol–water partition coefficient (Wildman–Crippen LogP) is 3.60. The molecule has 0 radical (unpaired) electrons. The molecule has 0 unspecified atom stereocenters. The standard InChI is InChI=1S/C24H27N3O4S2/c1-17-6-4-7-18(2)23(17)26-22(28)16-27(3)24(29)19-9-11-21(12-10-19)33(30,31)25-14-13-20-8-5-15-32-20/h4-12,15,25H,13-14,16H2,1-3H3,(H,26,28). The van der Waals surface area contributed by atoms with Gasteiger partial charge in [0.05, 0.1) is 11.4 Å². The summed E-state index contributed by atoms with van der Waals surface area (Å²) in [5.74, 6) is -0.682. The summed E-state index contributed by atoms with van der Waals surface area (Å²) in [7, 11) is -2.14. The maximum Gasteiger partial charge on any atom is 0.254 e. The van der Waals surface area contributed by atoms with Crippen LogP contribution in [0.5, 0.6) is 0 Å². The van der Waals surface area contributed by atoms with Gasteiger partial charge in [-0.15, -0.1) is 11.3 Å². The van der Waals surface area contributed by atoms with Crippen LogP contribution in [0.25, 0.3) is 0 Å². The van der Waals surface area contributed by atoms with Gasteiger partial charge in [-0.2, -0.15) is 0 Å². The zero-order valence-electron chi connectivity index (χ0n) is 18.8. The van der Waals surface area contributed by atoms with E-state index in [1.807, 2.05) is 49.6 Å². The van der Waals surface area contributed by atoms with Crippen molar-refractivity contribution < 1.29 is 18.0 Å². The molecule has 0 aliphatic heterocycles. The molecular formula is C24H27N3O4S2. The lowest BCUT2D eigenvalue weighted by Gasteiger charge is -2.18. The molecule has 3 aromatic rings. The molecular weight excluding hydrogens is 458 g/mol. The molecule has 174 valence electrons. The molecule has 1 heterocycles. The molecule has 2 aromatic carbocycles. The largest absolute Gasteiger partial charge is 0.332 e. The molecule has 0 spiro atoms. The number of hydrogen-bond donors (Lipinski definition) is 2. The van der Waals surface area contributed by atoms with Gasteiger partial charge in [0.15, 0.2) is 0 Å². The van der Waals surface area contributed by atoms with Crippen LogP contribution in [0.4, 0.5) is 5.69 Å². The van der Waals surface area contributed by atoms with Crippen molar-refractivity contribution in [3.8, 4) is 0 Å². The normalized spacial score (nSPS) is 11.2. The van der Waals surface area contributed by atoms with Gasteiger partial charge in [0, 0.05) is 29.7 Å². The Kier molecular flexibility index (Phi) is 8.01. The number of para-hydroxylation sites is 1. The number of rotatable bonds is 9. The topological polar surface area (TPSA) is 95.6 Å². The molecule has 7 nitrogen and oxygen atoms in total. The van der Waals surface area contributed by atoms with E-state index in [9.17, 15) is 18.0 Å². The maximum absolute atomic E-state index is 12.7. The fourth-order valence-electron chi connectivity index (χ4n) is 3.32. The first-order valence-electron chi connectivity index (χ1n) is 10.4. The van der Waals surface area contributed by atoms with Crippen molar-refractivity contribution >= 4 is 38.9 Å². The Hall–Kier alpha value is -3.01. The van der Waals surface area contributed by atoms with Crippen molar-refractivity contribution in [2.75, 3.05) is 25.5 Å². The van der Waals surface area contributed by atoms with Crippen molar-refractivity contribution in [1.82, 2.24) is 9.62 Å². The fraction of sp³-hybridized carbons (Fsp3) is 0.250. The zero-order valence-corrected chi connectivity index (χ0v) is 20.4. The van der Waals surface area contributed by atoms with Gasteiger partial charge in [-0.1, -0.05) is 24.3 Å². The molecule has 0 bridgehead atoms. The molecule has 0 aliphatic carbocycles. The van der Waals surface area contributed by atoms with Gasteiger partial charge in [-0.05, 0) is 67.1 Å². The number of thiophene rings is 1. The number of aryl methyl sites for hydroxylation is 2. The number of hydrogen-bond acceptors (Lipinski definition) is 5. The van der Waals surface area contributed by atoms with Crippen LogP contribution in [-0.4, -0.2) is 45.3 Å². The third kappa shape index (κ3) is 6.50. The lowest BCUT2D eigenvalue weighted by Crippen LogP contribution is -2.35. The van der Waals surface area contributed by atoms with Crippen molar-refractivity contribution in [2.24, 2.45) is 0 Å².